The Labute approximate surface area is 431 Å². The van der Waals surface area contributed by atoms with Gasteiger partial charge in [-0.2, -0.15) is 5.26 Å². The van der Waals surface area contributed by atoms with Crippen LogP contribution in [0.25, 0.3) is 155 Å². The van der Waals surface area contributed by atoms with Gasteiger partial charge in [0.05, 0.1) is 55.0 Å². The Hall–Kier alpha value is -9.56. The van der Waals surface area contributed by atoms with E-state index in [-0.39, 0.29) is 0 Å². The molecule has 0 aliphatic carbocycles. The van der Waals surface area contributed by atoms with Gasteiger partial charge in [-0.3, -0.25) is 0 Å². The Morgan fingerprint density at radius 3 is 1.51 bits per heavy atom. The standard InChI is InChI=1S/C68H36N4S2/c1-70-62-57(40-21-7-3-8-22-40)52(38-69)63(58(41-23-9-4-10-24-41)66(62)71-53-31-17-29-45-42-25-11-12-26-43(42)46-30-18-32-54(71)61(46)60(45)53)72-64-47(35-36-48-44-27-13-15-33-55(44)73-67(48)64)51-37-50(39-19-5-2-6-20-39)59-49-28-14-16-34-56(49)74-68(59)65(51)72/h2-37H. The third-order valence-corrected chi connectivity index (χ3v) is 17.9. The minimum Gasteiger partial charge on any atom is -0.318 e. The number of aromatic nitrogens is 2. The molecule has 0 amide bonds. The molecule has 0 spiro atoms. The average molecular weight is 973 g/mol. The molecule has 16 rings (SSSR count). The van der Waals surface area contributed by atoms with Gasteiger partial charge in [0.25, 0.3) is 0 Å². The van der Waals surface area contributed by atoms with Gasteiger partial charge in [0.15, 0.2) is 0 Å². The molecule has 6 heteroatoms. The van der Waals surface area contributed by atoms with Crippen LogP contribution in [0.3, 0.4) is 0 Å². The number of nitrogens with zero attached hydrogens (tertiary/aromatic N) is 4. The summed E-state index contributed by atoms with van der Waals surface area (Å²) in [6, 6.07) is 80.7. The van der Waals surface area contributed by atoms with Crippen LogP contribution in [-0.2, 0) is 0 Å². The van der Waals surface area contributed by atoms with Crippen molar-refractivity contribution in [3.63, 3.8) is 0 Å². The highest BCUT2D eigenvalue weighted by molar-refractivity contribution is 7.27. The van der Waals surface area contributed by atoms with Crippen molar-refractivity contribution in [1.82, 2.24) is 9.13 Å². The predicted molar refractivity (Wildman–Crippen MR) is 314 cm³/mol. The molecule has 4 heterocycles. The minimum atomic E-state index is 0.424. The Morgan fingerprint density at radius 1 is 0.392 bits per heavy atom. The Morgan fingerprint density at radius 2 is 0.892 bits per heavy atom. The summed E-state index contributed by atoms with van der Waals surface area (Å²) >= 11 is 3.62. The van der Waals surface area contributed by atoms with Crippen molar-refractivity contribution in [3.05, 3.63) is 235 Å². The molecule has 0 radical (unpaired) electrons. The molecular formula is C68H36N4S2. The zero-order valence-corrected chi connectivity index (χ0v) is 41.0. The molecule has 0 bridgehead atoms. The first kappa shape index (κ1) is 41.1. The highest BCUT2D eigenvalue weighted by Crippen LogP contribution is 2.56. The summed E-state index contributed by atoms with van der Waals surface area (Å²) in [5.41, 5.74) is 11.9. The monoisotopic (exact) mass is 972 g/mol. The first-order valence-electron chi connectivity index (χ1n) is 24.8. The summed E-state index contributed by atoms with van der Waals surface area (Å²) in [5.74, 6) is 0. The van der Waals surface area contributed by atoms with Crippen molar-refractivity contribution in [1.29, 1.82) is 5.26 Å². The van der Waals surface area contributed by atoms with Gasteiger partial charge in [-0.05, 0) is 74.1 Å². The van der Waals surface area contributed by atoms with E-state index in [2.05, 4.69) is 214 Å². The fourth-order valence-corrected chi connectivity index (χ4v) is 15.1. The number of hydrogen-bond acceptors (Lipinski definition) is 3. The summed E-state index contributed by atoms with van der Waals surface area (Å²) < 4.78 is 9.51. The van der Waals surface area contributed by atoms with E-state index in [1.807, 2.05) is 35.6 Å². The maximum Gasteiger partial charge on any atom is 0.220 e. The molecule has 74 heavy (non-hydrogen) atoms. The van der Waals surface area contributed by atoms with E-state index in [4.69, 9.17) is 0 Å². The third-order valence-electron chi connectivity index (χ3n) is 15.5. The second-order valence-corrected chi connectivity index (χ2v) is 21.3. The first-order valence-corrected chi connectivity index (χ1v) is 26.4. The molecule has 4 aromatic heterocycles. The molecule has 4 nitrogen and oxygen atoms in total. The smallest absolute Gasteiger partial charge is 0.220 e. The summed E-state index contributed by atoms with van der Waals surface area (Å²) in [5, 5.41) is 26.3. The zero-order valence-electron chi connectivity index (χ0n) is 39.4. The fraction of sp³-hybridized carbons (Fsp3) is 0. The van der Waals surface area contributed by atoms with E-state index < -0.39 is 0 Å². The molecular weight excluding hydrogens is 937 g/mol. The van der Waals surface area contributed by atoms with Gasteiger partial charge in [0.1, 0.15) is 6.07 Å². The van der Waals surface area contributed by atoms with Crippen molar-refractivity contribution in [3.8, 4) is 50.8 Å². The molecule has 0 fully saturated rings. The largest absolute Gasteiger partial charge is 0.318 e. The summed E-state index contributed by atoms with van der Waals surface area (Å²) in [6.07, 6.45) is 0. The summed E-state index contributed by atoms with van der Waals surface area (Å²) in [7, 11) is 0. The lowest BCUT2D eigenvalue weighted by atomic mass is 9.88. The number of hydrogen-bond donors (Lipinski definition) is 0. The van der Waals surface area contributed by atoms with E-state index in [1.165, 1.54) is 58.1 Å². The van der Waals surface area contributed by atoms with E-state index >= 15 is 0 Å². The number of benzene rings is 12. The minimum absolute atomic E-state index is 0.424. The van der Waals surface area contributed by atoms with Gasteiger partial charge in [0.2, 0.25) is 5.69 Å². The molecule has 0 saturated carbocycles. The molecule has 0 unspecified atom stereocenters. The predicted octanol–water partition coefficient (Wildman–Crippen LogP) is 19.8. The molecule has 0 aliphatic rings. The maximum atomic E-state index is 12.3. The fourth-order valence-electron chi connectivity index (χ4n) is 12.6. The van der Waals surface area contributed by atoms with Crippen molar-refractivity contribution < 1.29 is 0 Å². The van der Waals surface area contributed by atoms with Gasteiger partial charge in [0, 0.05) is 63.6 Å². The van der Waals surface area contributed by atoms with E-state index in [0.717, 1.165) is 86.6 Å². The van der Waals surface area contributed by atoms with Gasteiger partial charge in [-0.25, -0.2) is 4.85 Å². The second kappa shape index (κ2) is 15.5. The van der Waals surface area contributed by atoms with Crippen LogP contribution in [0.5, 0.6) is 0 Å². The van der Waals surface area contributed by atoms with Crippen LogP contribution < -0.4 is 0 Å². The molecule has 340 valence electrons. The summed E-state index contributed by atoms with van der Waals surface area (Å²) in [6.45, 7) is 9.48. The van der Waals surface area contributed by atoms with Crippen molar-refractivity contribution in [2.24, 2.45) is 0 Å². The van der Waals surface area contributed by atoms with E-state index in [9.17, 15) is 11.8 Å². The number of thiophene rings is 2. The highest BCUT2D eigenvalue weighted by atomic mass is 32.1. The normalized spacial score (nSPS) is 12.0. The van der Waals surface area contributed by atoms with Crippen LogP contribution in [0.4, 0.5) is 5.69 Å². The molecule has 0 saturated heterocycles. The van der Waals surface area contributed by atoms with Crippen LogP contribution >= 0.6 is 22.7 Å². The number of rotatable bonds is 5. The quantitative estimate of drug-likeness (QED) is 0.125. The third kappa shape index (κ3) is 5.43. The van der Waals surface area contributed by atoms with Crippen LogP contribution in [0.15, 0.2) is 218 Å². The van der Waals surface area contributed by atoms with Crippen molar-refractivity contribution in [2.75, 3.05) is 0 Å². The molecule has 0 atom stereocenters. The van der Waals surface area contributed by atoms with Crippen LogP contribution in [-0.4, -0.2) is 9.13 Å². The Balaban J connectivity index is 1.22. The van der Waals surface area contributed by atoms with E-state index in [1.54, 1.807) is 11.3 Å². The number of nitriles is 1. The van der Waals surface area contributed by atoms with Crippen molar-refractivity contribution >= 4 is 134 Å². The lowest BCUT2D eigenvalue weighted by Crippen LogP contribution is -2.09. The second-order valence-electron chi connectivity index (χ2n) is 19.2. The first-order chi connectivity index (χ1) is 36.7. The van der Waals surface area contributed by atoms with Gasteiger partial charge in [-0.1, -0.05) is 188 Å². The van der Waals surface area contributed by atoms with Crippen LogP contribution in [0, 0.1) is 17.9 Å². The van der Waals surface area contributed by atoms with Gasteiger partial charge >= 0.3 is 0 Å². The topological polar surface area (TPSA) is 38.0 Å². The van der Waals surface area contributed by atoms with Crippen LogP contribution in [0.1, 0.15) is 5.56 Å². The summed E-state index contributed by atoms with van der Waals surface area (Å²) in [4.78, 5) is 4.63. The molecule has 12 aromatic carbocycles. The van der Waals surface area contributed by atoms with Crippen molar-refractivity contribution in [2.45, 2.75) is 0 Å². The Bertz CT molecular complexity index is 5050. The average Bonchev–Trinajstić information content (AvgIpc) is 4.27. The Kier molecular flexibility index (Phi) is 8.59. The van der Waals surface area contributed by atoms with E-state index in [0.29, 0.717) is 16.8 Å². The lowest BCUT2D eigenvalue weighted by Gasteiger charge is -2.26. The molecule has 16 aromatic rings. The van der Waals surface area contributed by atoms with Crippen LogP contribution in [0.2, 0.25) is 0 Å². The van der Waals surface area contributed by atoms with Gasteiger partial charge < -0.3 is 9.13 Å². The van der Waals surface area contributed by atoms with Gasteiger partial charge in [-0.15, -0.1) is 22.7 Å². The highest BCUT2D eigenvalue weighted by Gasteiger charge is 2.34. The zero-order chi connectivity index (χ0) is 48.8. The molecule has 0 aliphatic heterocycles. The maximum absolute atomic E-state index is 12.3. The lowest BCUT2D eigenvalue weighted by molar-refractivity contribution is 1.14. The number of fused-ring (bicyclic) bond motifs is 14. The molecule has 0 N–H and O–H groups in total. The SMILES string of the molecule is [C-]#[N+]c1c(-c2ccccc2)c(C#N)c(-n2c3c(ccc4c5ccccc5sc43)c3cc(-c4ccccc4)c4c5ccccc5sc4c32)c(-c2ccccc2)c1-n1c2cccc3c4ccccc4c4cccc1c4c32.